The van der Waals surface area contributed by atoms with E-state index in [4.69, 9.17) is 5.11 Å². The smallest absolute Gasteiger partial charge is 0.356 e. The van der Waals surface area contributed by atoms with E-state index in [0.717, 1.165) is 0 Å². The first kappa shape index (κ1) is 12.8. The molecule has 0 radical (unpaired) electrons. The summed E-state index contributed by atoms with van der Waals surface area (Å²) in [6.45, 7) is -0.811. The van der Waals surface area contributed by atoms with Crippen molar-refractivity contribution in [2.24, 2.45) is 0 Å². The number of nitrogens with zero attached hydrogens (tertiary/aromatic N) is 1. The monoisotopic (exact) mass is 245 g/mol. The highest BCUT2D eigenvalue weighted by Gasteiger charge is 2.13. The molecule has 3 N–H and O–H groups in total. The molecule has 17 heavy (non-hydrogen) atoms. The van der Waals surface area contributed by atoms with Gasteiger partial charge in [-0.15, -0.1) is 0 Å². The van der Waals surface area contributed by atoms with Gasteiger partial charge in [0.2, 0.25) is 0 Å². The topological polar surface area (TPSA) is 91.3 Å². The number of hydrogen-bond acceptors (Lipinski definition) is 3. The van der Waals surface area contributed by atoms with E-state index in [1.54, 1.807) is 0 Å². The van der Waals surface area contributed by atoms with Crippen molar-refractivity contribution in [3.8, 4) is 0 Å². The van der Waals surface area contributed by atoms with Gasteiger partial charge >= 0.3 is 12.0 Å². The Hall–Kier alpha value is -2.25. The SMILES string of the molecule is O=C(NCC(F)F)Nc1cccnc1C(=O)O. The number of anilines is 1. The van der Waals surface area contributed by atoms with E-state index >= 15 is 0 Å². The summed E-state index contributed by atoms with van der Waals surface area (Å²) >= 11 is 0. The van der Waals surface area contributed by atoms with E-state index in [2.05, 4.69) is 10.3 Å². The van der Waals surface area contributed by atoms with E-state index in [-0.39, 0.29) is 11.4 Å². The van der Waals surface area contributed by atoms with Crippen LogP contribution in [0.2, 0.25) is 0 Å². The summed E-state index contributed by atoms with van der Waals surface area (Å²) in [7, 11) is 0. The van der Waals surface area contributed by atoms with Gasteiger partial charge in [0.1, 0.15) is 0 Å². The number of halogens is 2. The molecule has 1 heterocycles. The molecule has 1 aromatic heterocycles. The number of aromatic carboxylic acids is 1. The number of rotatable bonds is 4. The maximum Gasteiger partial charge on any atom is 0.356 e. The molecule has 0 aliphatic rings. The fourth-order valence-electron chi connectivity index (χ4n) is 1.01. The zero-order valence-electron chi connectivity index (χ0n) is 8.48. The lowest BCUT2D eigenvalue weighted by Crippen LogP contribution is -2.33. The lowest BCUT2D eigenvalue weighted by Gasteiger charge is -2.08. The van der Waals surface area contributed by atoms with Crippen LogP contribution in [0.3, 0.4) is 0 Å². The van der Waals surface area contributed by atoms with Crippen molar-refractivity contribution in [3.05, 3.63) is 24.0 Å². The number of carboxylic acids is 1. The zero-order valence-corrected chi connectivity index (χ0v) is 8.48. The lowest BCUT2D eigenvalue weighted by molar-refractivity contribution is 0.0691. The highest BCUT2D eigenvalue weighted by molar-refractivity contribution is 5.98. The number of urea groups is 1. The molecule has 0 spiro atoms. The molecule has 0 atom stereocenters. The van der Waals surface area contributed by atoms with Gasteiger partial charge in [-0.05, 0) is 12.1 Å². The molecule has 2 amide bonds. The van der Waals surface area contributed by atoms with Crippen LogP contribution in [0, 0.1) is 0 Å². The number of amides is 2. The average Bonchev–Trinajstić information content (AvgIpc) is 2.27. The van der Waals surface area contributed by atoms with Gasteiger partial charge in [-0.1, -0.05) is 0 Å². The fourth-order valence-corrected chi connectivity index (χ4v) is 1.01. The Kier molecular flexibility index (Phi) is 4.32. The van der Waals surface area contributed by atoms with Crippen molar-refractivity contribution < 1.29 is 23.5 Å². The van der Waals surface area contributed by atoms with Gasteiger partial charge in [0.05, 0.1) is 12.2 Å². The summed E-state index contributed by atoms with van der Waals surface area (Å²) < 4.78 is 23.6. The van der Waals surface area contributed by atoms with Crippen molar-refractivity contribution in [1.29, 1.82) is 0 Å². The third-order valence-electron chi connectivity index (χ3n) is 1.68. The molecule has 1 rings (SSSR count). The molecule has 0 saturated heterocycles. The number of nitrogens with one attached hydrogen (secondary N) is 2. The van der Waals surface area contributed by atoms with E-state index in [1.807, 2.05) is 5.32 Å². The number of aromatic nitrogens is 1. The quantitative estimate of drug-likeness (QED) is 0.742. The van der Waals surface area contributed by atoms with Crippen molar-refractivity contribution in [2.75, 3.05) is 11.9 Å². The molecule has 92 valence electrons. The first-order valence-electron chi connectivity index (χ1n) is 4.52. The number of carbonyl (C=O) groups is 2. The summed E-state index contributed by atoms with van der Waals surface area (Å²) in [5.41, 5.74) is -0.425. The summed E-state index contributed by atoms with van der Waals surface area (Å²) in [6.07, 6.45) is -1.43. The maximum atomic E-state index is 11.8. The molecule has 0 fully saturated rings. The zero-order chi connectivity index (χ0) is 12.8. The minimum absolute atomic E-state index is 0.0632. The van der Waals surface area contributed by atoms with Crippen LogP contribution >= 0.6 is 0 Å². The summed E-state index contributed by atoms with van der Waals surface area (Å²) in [4.78, 5) is 25.4. The third-order valence-corrected chi connectivity index (χ3v) is 1.68. The van der Waals surface area contributed by atoms with Gasteiger partial charge in [0.25, 0.3) is 6.43 Å². The second-order valence-electron chi connectivity index (χ2n) is 2.93. The first-order valence-corrected chi connectivity index (χ1v) is 4.52. The Balaban J connectivity index is 2.68. The van der Waals surface area contributed by atoms with Gasteiger partial charge in [0, 0.05) is 6.20 Å². The molecule has 1 aromatic rings. The Morgan fingerprint density at radius 2 is 2.18 bits per heavy atom. The molecule has 8 heteroatoms. The van der Waals surface area contributed by atoms with Crippen molar-refractivity contribution in [2.45, 2.75) is 6.43 Å². The van der Waals surface area contributed by atoms with Crippen molar-refractivity contribution in [1.82, 2.24) is 10.3 Å². The van der Waals surface area contributed by atoms with Gasteiger partial charge < -0.3 is 15.7 Å². The number of pyridine rings is 1. The van der Waals surface area contributed by atoms with Gasteiger partial charge in [-0.2, -0.15) is 0 Å². The summed E-state index contributed by atoms with van der Waals surface area (Å²) in [5.74, 6) is -1.32. The number of hydrogen-bond donors (Lipinski definition) is 3. The number of carboxylic acid groups (broad SMARTS) is 1. The molecular weight excluding hydrogens is 236 g/mol. The third kappa shape index (κ3) is 4.01. The molecule has 0 bridgehead atoms. The summed E-state index contributed by atoms with van der Waals surface area (Å²) in [5, 5.41) is 12.7. The number of carbonyl (C=O) groups excluding carboxylic acids is 1. The van der Waals surface area contributed by atoms with E-state index in [9.17, 15) is 18.4 Å². The maximum absolute atomic E-state index is 11.8. The second-order valence-corrected chi connectivity index (χ2v) is 2.93. The minimum Gasteiger partial charge on any atom is -0.476 e. The molecule has 0 aromatic carbocycles. The van der Waals surface area contributed by atoms with Crippen molar-refractivity contribution >= 4 is 17.7 Å². The average molecular weight is 245 g/mol. The van der Waals surface area contributed by atoms with Crippen LogP contribution < -0.4 is 10.6 Å². The summed E-state index contributed by atoms with van der Waals surface area (Å²) in [6, 6.07) is 1.80. The molecule has 0 saturated carbocycles. The van der Waals surface area contributed by atoms with Crippen LogP contribution in [0.4, 0.5) is 19.3 Å². The Morgan fingerprint density at radius 1 is 1.47 bits per heavy atom. The van der Waals surface area contributed by atoms with Crippen LogP contribution in [0.1, 0.15) is 10.5 Å². The molecule has 6 nitrogen and oxygen atoms in total. The van der Waals surface area contributed by atoms with Gasteiger partial charge in [0.15, 0.2) is 5.69 Å². The molecule has 0 unspecified atom stereocenters. The highest BCUT2D eigenvalue weighted by Crippen LogP contribution is 2.11. The molecule has 0 aliphatic heterocycles. The highest BCUT2D eigenvalue weighted by atomic mass is 19.3. The lowest BCUT2D eigenvalue weighted by atomic mass is 10.3. The Bertz CT molecular complexity index is 426. The van der Waals surface area contributed by atoms with Crippen LogP contribution in [-0.4, -0.2) is 35.1 Å². The van der Waals surface area contributed by atoms with E-state index in [0.29, 0.717) is 0 Å². The normalized spacial score (nSPS) is 10.1. The Morgan fingerprint density at radius 3 is 2.76 bits per heavy atom. The second kappa shape index (κ2) is 5.73. The van der Waals surface area contributed by atoms with Gasteiger partial charge in [-0.3, -0.25) is 0 Å². The van der Waals surface area contributed by atoms with E-state index < -0.39 is 25.0 Å². The van der Waals surface area contributed by atoms with Crippen LogP contribution in [0.15, 0.2) is 18.3 Å². The predicted molar refractivity (Wildman–Crippen MR) is 54.2 cm³/mol. The first-order chi connectivity index (χ1) is 8.00. The molecule has 0 aliphatic carbocycles. The molecular formula is C9H9F2N3O3. The fraction of sp³-hybridized carbons (Fsp3) is 0.222. The van der Waals surface area contributed by atoms with E-state index in [1.165, 1.54) is 18.3 Å². The predicted octanol–water partition coefficient (Wildman–Crippen LogP) is 1.17. The Labute approximate surface area is 94.7 Å². The van der Waals surface area contributed by atoms with Crippen LogP contribution in [0.5, 0.6) is 0 Å². The van der Waals surface area contributed by atoms with Gasteiger partial charge in [-0.25, -0.2) is 23.4 Å². The van der Waals surface area contributed by atoms with Crippen LogP contribution in [0.25, 0.3) is 0 Å². The van der Waals surface area contributed by atoms with Crippen molar-refractivity contribution in [3.63, 3.8) is 0 Å². The van der Waals surface area contributed by atoms with Crippen LogP contribution in [-0.2, 0) is 0 Å². The minimum atomic E-state index is -2.67. The largest absolute Gasteiger partial charge is 0.476 e. The standard InChI is InChI=1S/C9H9F2N3O3/c10-6(11)4-13-9(17)14-5-2-1-3-12-7(5)8(15)16/h1-3,6H,4H2,(H,15,16)(H2,13,14,17). The number of alkyl halides is 2.